The van der Waals surface area contributed by atoms with Crippen LogP contribution in [0.15, 0.2) is 35.9 Å². The van der Waals surface area contributed by atoms with E-state index in [9.17, 15) is 4.79 Å². The second-order valence-electron chi connectivity index (χ2n) is 6.00. The lowest BCUT2D eigenvalue weighted by Gasteiger charge is -2.28. The van der Waals surface area contributed by atoms with Gasteiger partial charge in [0.25, 0.3) is 0 Å². The molecule has 0 saturated carbocycles. The minimum Gasteiger partial charge on any atom is -0.497 e. The van der Waals surface area contributed by atoms with Gasteiger partial charge in [0.15, 0.2) is 5.78 Å². The number of allylic oxidation sites excluding steroid dienone is 4. The number of carbonyl (C=O) groups is 1. The standard InChI is InChI=1S/C19H22O2/c1-4-5-6-13-11-18(20)12(2)19-16-8-7-15(21-3)9-14(16)10-17(13)19/h5-9,13,17H,4,10-11H2,1-3H3. The van der Waals surface area contributed by atoms with E-state index in [1.54, 1.807) is 7.11 Å². The molecule has 1 aromatic carbocycles. The highest BCUT2D eigenvalue weighted by molar-refractivity contribution is 6.05. The zero-order chi connectivity index (χ0) is 15.0. The zero-order valence-electron chi connectivity index (χ0n) is 13.0. The van der Waals surface area contributed by atoms with Gasteiger partial charge in [0.2, 0.25) is 0 Å². The molecule has 2 aliphatic carbocycles. The largest absolute Gasteiger partial charge is 0.497 e. The van der Waals surface area contributed by atoms with Gasteiger partial charge in [0, 0.05) is 6.42 Å². The molecule has 0 aliphatic heterocycles. The molecule has 110 valence electrons. The highest BCUT2D eigenvalue weighted by atomic mass is 16.5. The molecular weight excluding hydrogens is 260 g/mol. The fourth-order valence-electron chi connectivity index (χ4n) is 3.69. The Balaban J connectivity index is 2.06. The molecule has 0 fully saturated rings. The molecule has 0 spiro atoms. The molecule has 0 saturated heterocycles. The van der Waals surface area contributed by atoms with Gasteiger partial charge in [0.05, 0.1) is 7.11 Å². The lowest BCUT2D eigenvalue weighted by Crippen LogP contribution is -2.24. The molecule has 0 bridgehead atoms. The Morgan fingerprint density at radius 1 is 1.33 bits per heavy atom. The van der Waals surface area contributed by atoms with Crippen molar-refractivity contribution in [2.24, 2.45) is 11.8 Å². The van der Waals surface area contributed by atoms with Crippen LogP contribution in [-0.2, 0) is 11.2 Å². The molecule has 2 aliphatic rings. The smallest absolute Gasteiger partial charge is 0.159 e. The van der Waals surface area contributed by atoms with Crippen molar-refractivity contribution in [2.75, 3.05) is 7.11 Å². The van der Waals surface area contributed by atoms with E-state index >= 15 is 0 Å². The summed E-state index contributed by atoms with van der Waals surface area (Å²) in [6.07, 6.45) is 7.14. The average molecular weight is 282 g/mol. The summed E-state index contributed by atoms with van der Waals surface area (Å²) in [5.74, 6) is 2.00. The van der Waals surface area contributed by atoms with E-state index in [1.165, 1.54) is 16.7 Å². The van der Waals surface area contributed by atoms with Crippen LogP contribution in [0, 0.1) is 11.8 Å². The topological polar surface area (TPSA) is 26.3 Å². The Labute approximate surface area is 126 Å². The molecule has 0 amide bonds. The van der Waals surface area contributed by atoms with Crippen LogP contribution in [0.25, 0.3) is 5.57 Å². The summed E-state index contributed by atoms with van der Waals surface area (Å²) < 4.78 is 5.34. The Morgan fingerprint density at radius 2 is 2.14 bits per heavy atom. The lowest BCUT2D eigenvalue weighted by molar-refractivity contribution is -0.116. The van der Waals surface area contributed by atoms with E-state index in [4.69, 9.17) is 4.74 Å². The predicted octanol–water partition coefficient (Wildman–Crippen LogP) is 4.20. The minimum absolute atomic E-state index is 0.302. The summed E-state index contributed by atoms with van der Waals surface area (Å²) in [7, 11) is 1.70. The summed E-state index contributed by atoms with van der Waals surface area (Å²) >= 11 is 0. The van der Waals surface area contributed by atoms with Crippen molar-refractivity contribution >= 4 is 11.4 Å². The molecule has 0 radical (unpaired) electrons. The molecule has 2 nitrogen and oxygen atoms in total. The number of carbonyl (C=O) groups excluding carboxylic acids is 1. The Kier molecular flexibility index (Phi) is 3.71. The number of hydrogen-bond acceptors (Lipinski definition) is 2. The van der Waals surface area contributed by atoms with Crippen molar-refractivity contribution in [3.8, 4) is 5.75 Å². The monoisotopic (exact) mass is 282 g/mol. The van der Waals surface area contributed by atoms with Crippen LogP contribution in [0.3, 0.4) is 0 Å². The molecule has 21 heavy (non-hydrogen) atoms. The zero-order valence-corrected chi connectivity index (χ0v) is 13.0. The molecule has 0 heterocycles. The van der Waals surface area contributed by atoms with Crippen LogP contribution in [-0.4, -0.2) is 12.9 Å². The molecular formula is C19H22O2. The van der Waals surface area contributed by atoms with Crippen LogP contribution in [0.4, 0.5) is 0 Å². The summed E-state index contributed by atoms with van der Waals surface area (Å²) in [5.41, 5.74) is 4.80. The fourth-order valence-corrected chi connectivity index (χ4v) is 3.69. The van der Waals surface area contributed by atoms with Crippen LogP contribution in [0.1, 0.15) is 37.8 Å². The number of ketones is 1. The Bertz CT molecular complexity index is 637. The first kappa shape index (κ1) is 14.1. The molecule has 2 unspecified atom stereocenters. The number of benzene rings is 1. The van der Waals surface area contributed by atoms with Crippen LogP contribution in [0.5, 0.6) is 5.75 Å². The fraction of sp³-hybridized carbons (Fsp3) is 0.421. The van der Waals surface area contributed by atoms with Gasteiger partial charge in [-0.1, -0.05) is 25.1 Å². The number of ether oxygens (including phenoxy) is 1. The van der Waals surface area contributed by atoms with E-state index in [-0.39, 0.29) is 0 Å². The number of fused-ring (bicyclic) bond motifs is 3. The van der Waals surface area contributed by atoms with Crippen molar-refractivity contribution in [3.05, 3.63) is 47.1 Å². The normalized spacial score (nSPS) is 24.4. The van der Waals surface area contributed by atoms with Gasteiger partial charge in [0.1, 0.15) is 5.75 Å². The van der Waals surface area contributed by atoms with Gasteiger partial charge in [-0.05, 0) is 66.0 Å². The van der Waals surface area contributed by atoms with Gasteiger partial charge in [-0.15, -0.1) is 0 Å². The van der Waals surface area contributed by atoms with E-state index in [2.05, 4.69) is 31.2 Å². The Hall–Kier alpha value is -1.83. The maximum absolute atomic E-state index is 12.3. The number of rotatable bonds is 3. The van der Waals surface area contributed by atoms with E-state index in [1.807, 2.05) is 13.0 Å². The van der Waals surface area contributed by atoms with Crippen molar-refractivity contribution in [3.63, 3.8) is 0 Å². The highest BCUT2D eigenvalue weighted by Gasteiger charge is 2.38. The van der Waals surface area contributed by atoms with Gasteiger partial charge in [-0.3, -0.25) is 4.79 Å². The summed E-state index contributed by atoms with van der Waals surface area (Å²) in [6, 6.07) is 6.24. The molecule has 0 aromatic heterocycles. The first-order chi connectivity index (χ1) is 10.2. The van der Waals surface area contributed by atoms with Crippen LogP contribution < -0.4 is 4.74 Å². The average Bonchev–Trinajstić information content (AvgIpc) is 2.88. The maximum atomic E-state index is 12.3. The number of Topliss-reactive ketones (excluding diaryl/α,β-unsaturated/α-hetero) is 1. The highest BCUT2D eigenvalue weighted by Crippen LogP contribution is 2.48. The molecule has 0 N–H and O–H groups in total. The third-order valence-electron chi connectivity index (χ3n) is 4.79. The second-order valence-corrected chi connectivity index (χ2v) is 6.00. The molecule has 2 atom stereocenters. The van der Waals surface area contributed by atoms with Gasteiger partial charge in [-0.25, -0.2) is 0 Å². The van der Waals surface area contributed by atoms with E-state index in [0.717, 1.165) is 24.2 Å². The minimum atomic E-state index is 0.302. The van der Waals surface area contributed by atoms with E-state index in [0.29, 0.717) is 24.0 Å². The van der Waals surface area contributed by atoms with Crippen molar-refractivity contribution in [1.82, 2.24) is 0 Å². The van der Waals surface area contributed by atoms with Crippen molar-refractivity contribution in [2.45, 2.75) is 33.1 Å². The summed E-state index contributed by atoms with van der Waals surface area (Å²) in [5, 5.41) is 0. The number of methoxy groups -OCH3 is 1. The third-order valence-corrected chi connectivity index (χ3v) is 4.79. The summed E-state index contributed by atoms with van der Waals surface area (Å²) in [4.78, 5) is 12.3. The van der Waals surface area contributed by atoms with Gasteiger partial charge < -0.3 is 4.74 Å². The quantitative estimate of drug-likeness (QED) is 0.777. The van der Waals surface area contributed by atoms with Crippen LogP contribution >= 0.6 is 0 Å². The molecule has 2 heteroatoms. The Morgan fingerprint density at radius 3 is 2.86 bits per heavy atom. The first-order valence-corrected chi connectivity index (χ1v) is 7.73. The number of hydrogen-bond donors (Lipinski definition) is 0. The SMILES string of the molecule is CCC=CC1CC(=O)C(C)=C2c3ccc(OC)cc3CC21. The van der Waals surface area contributed by atoms with E-state index < -0.39 is 0 Å². The third kappa shape index (κ3) is 2.33. The van der Waals surface area contributed by atoms with Crippen LogP contribution in [0.2, 0.25) is 0 Å². The van der Waals surface area contributed by atoms with Gasteiger partial charge >= 0.3 is 0 Å². The molecule has 3 rings (SSSR count). The maximum Gasteiger partial charge on any atom is 0.159 e. The van der Waals surface area contributed by atoms with Gasteiger partial charge in [-0.2, -0.15) is 0 Å². The molecule has 1 aromatic rings. The second kappa shape index (κ2) is 5.51. The summed E-state index contributed by atoms with van der Waals surface area (Å²) in [6.45, 7) is 4.13. The first-order valence-electron chi connectivity index (χ1n) is 7.73. The van der Waals surface area contributed by atoms with Crippen molar-refractivity contribution in [1.29, 1.82) is 0 Å². The lowest BCUT2D eigenvalue weighted by atomic mass is 9.75. The van der Waals surface area contributed by atoms with Crippen molar-refractivity contribution < 1.29 is 9.53 Å². The predicted molar refractivity (Wildman–Crippen MR) is 85.3 cm³/mol.